The van der Waals surface area contributed by atoms with Crippen molar-refractivity contribution >= 4 is 21.7 Å². The molecule has 0 amide bonds. The number of hydrogen-bond donors (Lipinski definition) is 0. The molecule has 1 unspecified atom stereocenters. The third-order valence-electron chi connectivity index (χ3n) is 3.96. The largest absolute Gasteiger partial charge is 0.270 e. The van der Waals surface area contributed by atoms with Crippen LogP contribution in [0.3, 0.4) is 0 Å². The molecule has 0 bridgehead atoms. The maximum Gasteiger partial charge on any atom is 0.264 e. The highest BCUT2D eigenvalue weighted by molar-refractivity contribution is 7.85. The fraction of sp³-hybridized carbons (Fsp3) is 0.368. The van der Waals surface area contributed by atoms with Gasteiger partial charge in [0, 0.05) is 5.02 Å². The number of aryl methyl sites for hydroxylation is 2. The van der Waals surface area contributed by atoms with Crippen LogP contribution >= 0.6 is 11.6 Å². The van der Waals surface area contributed by atoms with Gasteiger partial charge >= 0.3 is 0 Å². The lowest BCUT2D eigenvalue weighted by Gasteiger charge is -2.16. The van der Waals surface area contributed by atoms with Gasteiger partial charge in [0.15, 0.2) is 0 Å². The van der Waals surface area contributed by atoms with Crippen LogP contribution < -0.4 is 0 Å². The Morgan fingerprint density at radius 2 is 1.46 bits per heavy atom. The van der Waals surface area contributed by atoms with Crippen molar-refractivity contribution in [3.8, 4) is 0 Å². The fourth-order valence-corrected chi connectivity index (χ4v) is 3.13. The molecular formula is C19H23ClO3S. The zero-order chi connectivity index (χ0) is 17.4. The summed E-state index contributed by atoms with van der Waals surface area (Å²) in [6, 6.07) is 18.0. The molecule has 3 nitrogen and oxygen atoms in total. The van der Waals surface area contributed by atoms with Crippen LogP contribution in [0.5, 0.6) is 0 Å². The average molecular weight is 367 g/mol. The molecule has 24 heavy (non-hydrogen) atoms. The van der Waals surface area contributed by atoms with Crippen molar-refractivity contribution in [2.75, 3.05) is 12.9 Å². The van der Waals surface area contributed by atoms with Gasteiger partial charge in [-0.2, -0.15) is 8.42 Å². The lowest BCUT2D eigenvalue weighted by Crippen LogP contribution is -2.15. The number of benzene rings is 2. The number of halogens is 1. The summed E-state index contributed by atoms with van der Waals surface area (Å²) in [5.74, 6) is 0.190. The van der Waals surface area contributed by atoms with E-state index in [1.54, 1.807) is 0 Å². The molecule has 2 aromatic carbocycles. The summed E-state index contributed by atoms with van der Waals surface area (Å²) < 4.78 is 27.6. The van der Waals surface area contributed by atoms with E-state index >= 15 is 0 Å². The Kier molecular flexibility index (Phi) is 7.28. The summed E-state index contributed by atoms with van der Waals surface area (Å²) in [6.07, 6.45) is 4.67. The molecule has 0 fully saturated rings. The van der Waals surface area contributed by atoms with Gasteiger partial charge in [-0.25, -0.2) is 0 Å². The van der Waals surface area contributed by atoms with Gasteiger partial charge in [-0.1, -0.05) is 54.1 Å². The Bertz CT molecular complexity index is 712. The molecule has 0 aromatic heterocycles. The second-order valence-corrected chi connectivity index (χ2v) is 8.12. The Morgan fingerprint density at radius 1 is 0.917 bits per heavy atom. The molecule has 0 heterocycles. The van der Waals surface area contributed by atoms with Gasteiger partial charge in [-0.15, -0.1) is 0 Å². The van der Waals surface area contributed by atoms with Gasteiger partial charge < -0.3 is 0 Å². The highest BCUT2D eigenvalue weighted by atomic mass is 35.5. The Morgan fingerprint density at radius 3 is 2.00 bits per heavy atom. The lowest BCUT2D eigenvalue weighted by molar-refractivity contribution is 0.239. The van der Waals surface area contributed by atoms with Crippen LogP contribution in [-0.4, -0.2) is 21.3 Å². The topological polar surface area (TPSA) is 43.4 Å². The SMILES string of the molecule is CS(=O)(=O)OCC(CCc1ccccc1)CCc1ccc(Cl)cc1. The second-order valence-electron chi connectivity index (χ2n) is 6.04. The van der Waals surface area contributed by atoms with Crippen LogP contribution in [0.4, 0.5) is 0 Å². The van der Waals surface area contributed by atoms with Crippen molar-refractivity contribution in [3.63, 3.8) is 0 Å². The Labute approximate surface area is 149 Å². The van der Waals surface area contributed by atoms with E-state index in [4.69, 9.17) is 15.8 Å². The second kappa shape index (κ2) is 9.21. The van der Waals surface area contributed by atoms with Crippen LogP contribution in [0.1, 0.15) is 24.0 Å². The molecule has 2 aromatic rings. The van der Waals surface area contributed by atoms with E-state index in [9.17, 15) is 8.42 Å². The van der Waals surface area contributed by atoms with Crippen LogP contribution in [0.15, 0.2) is 54.6 Å². The van der Waals surface area contributed by atoms with Gasteiger partial charge in [0.25, 0.3) is 10.1 Å². The van der Waals surface area contributed by atoms with E-state index in [2.05, 4.69) is 12.1 Å². The summed E-state index contributed by atoms with van der Waals surface area (Å²) in [5.41, 5.74) is 2.46. The third kappa shape index (κ3) is 7.47. The highest BCUT2D eigenvalue weighted by Crippen LogP contribution is 2.19. The van der Waals surface area contributed by atoms with E-state index in [0.717, 1.165) is 37.0 Å². The van der Waals surface area contributed by atoms with Crippen molar-refractivity contribution in [2.45, 2.75) is 25.7 Å². The minimum absolute atomic E-state index is 0.190. The van der Waals surface area contributed by atoms with E-state index in [1.165, 1.54) is 11.1 Å². The Hall–Kier alpha value is -1.36. The minimum atomic E-state index is -3.41. The summed E-state index contributed by atoms with van der Waals surface area (Å²) in [5, 5.41) is 0.722. The molecule has 0 saturated carbocycles. The lowest BCUT2D eigenvalue weighted by atomic mass is 9.94. The summed E-state index contributed by atoms with van der Waals surface area (Å²) in [4.78, 5) is 0. The summed E-state index contributed by atoms with van der Waals surface area (Å²) in [7, 11) is -3.41. The maximum absolute atomic E-state index is 11.3. The molecule has 1 atom stereocenters. The van der Waals surface area contributed by atoms with Crippen LogP contribution in [0, 0.1) is 5.92 Å². The number of hydrogen-bond acceptors (Lipinski definition) is 3. The Balaban J connectivity index is 1.92. The molecular weight excluding hydrogens is 344 g/mol. The molecule has 0 aliphatic heterocycles. The number of rotatable bonds is 9. The van der Waals surface area contributed by atoms with E-state index in [1.807, 2.05) is 42.5 Å². The highest BCUT2D eigenvalue weighted by Gasteiger charge is 2.13. The first-order valence-electron chi connectivity index (χ1n) is 8.05. The smallest absolute Gasteiger partial charge is 0.264 e. The molecule has 0 N–H and O–H groups in total. The predicted molar refractivity (Wildman–Crippen MR) is 98.8 cm³/mol. The standard InChI is InChI=1S/C19H23ClO3S/c1-24(21,22)23-15-18(9-7-16-5-3-2-4-6-16)10-8-17-11-13-19(20)14-12-17/h2-6,11-14,18H,7-10,15H2,1H3. The van der Waals surface area contributed by atoms with Gasteiger partial charge in [0.1, 0.15) is 0 Å². The molecule has 0 saturated heterocycles. The van der Waals surface area contributed by atoms with Crippen molar-refractivity contribution in [3.05, 3.63) is 70.7 Å². The van der Waals surface area contributed by atoms with Gasteiger partial charge in [-0.3, -0.25) is 4.18 Å². The monoisotopic (exact) mass is 366 g/mol. The molecule has 0 aliphatic carbocycles. The first kappa shape index (κ1) is 19.0. The van der Waals surface area contributed by atoms with Crippen LogP contribution in [0.2, 0.25) is 5.02 Å². The molecule has 0 spiro atoms. The van der Waals surface area contributed by atoms with Crippen molar-refractivity contribution in [1.29, 1.82) is 0 Å². The zero-order valence-corrected chi connectivity index (χ0v) is 15.4. The zero-order valence-electron chi connectivity index (χ0n) is 13.8. The average Bonchev–Trinajstić information content (AvgIpc) is 2.56. The van der Waals surface area contributed by atoms with Gasteiger partial charge in [0.2, 0.25) is 0 Å². The molecule has 2 rings (SSSR count). The van der Waals surface area contributed by atoms with Gasteiger partial charge in [-0.05, 0) is 54.9 Å². The van der Waals surface area contributed by atoms with E-state index in [0.29, 0.717) is 0 Å². The molecule has 130 valence electrons. The van der Waals surface area contributed by atoms with Crippen LogP contribution in [0.25, 0.3) is 0 Å². The van der Waals surface area contributed by atoms with Crippen molar-refractivity contribution < 1.29 is 12.6 Å². The third-order valence-corrected chi connectivity index (χ3v) is 4.77. The summed E-state index contributed by atoms with van der Waals surface area (Å²) >= 11 is 5.91. The predicted octanol–water partition coefficient (Wildman–Crippen LogP) is 4.50. The van der Waals surface area contributed by atoms with Crippen molar-refractivity contribution in [1.82, 2.24) is 0 Å². The summed E-state index contributed by atoms with van der Waals surface area (Å²) in [6.45, 7) is 0.235. The quantitative estimate of drug-likeness (QED) is 0.614. The normalized spacial score (nSPS) is 12.9. The molecule has 0 aliphatic rings. The van der Waals surface area contributed by atoms with E-state index < -0.39 is 10.1 Å². The van der Waals surface area contributed by atoms with E-state index in [-0.39, 0.29) is 12.5 Å². The van der Waals surface area contributed by atoms with Crippen LogP contribution in [-0.2, 0) is 27.1 Å². The fourth-order valence-electron chi connectivity index (χ4n) is 2.57. The first-order valence-corrected chi connectivity index (χ1v) is 10.2. The molecule has 5 heteroatoms. The minimum Gasteiger partial charge on any atom is -0.270 e. The first-order chi connectivity index (χ1) is 11.4. The maximum atomic E-state index is 11.3. The van der Waals surface area contributed by atoms with Gasteiger partial charge in [0.05, 0.1) is 12.9 Å². The molecule has 0 radical (unpaired) electrons. The van der Waals surface area contributed by atoms with Crippen molar-refractivity contribution in [2.24, 2.45) is 5.92 Å².